The fraction of sp³-hybridized carbons (Fsp3) is 0.500. The number of nitrogens with zero attached hydrogens (tertiary/aromatic N) is 1. The number of amides is 1. The molecule has 8 heteroatoms. The third kappa shape index (κ3) is 2.85. The van der Waals surface area contributed by atoms with Crippen LogP contribution in [0, 0.1) is 0 Å². The Kier molecular flexibility index (Phi) is 3.96. The molecule has 1 aliphatic heterocycles. The van der Waals surface area contributed by atoms with Crippen LogP contribution in [0.1, 0.15) is 16.8 Å². The van der Waals surface area contributed by atoms with E-state index in [0.717, 1.165) is 17.8 Å². The molecule has 1 fully saturated rings. The van der Waals surface area contributed by atoms with Gasteiger partial charge in [0.1, 0.15) is 4.21 Å². The number of thiophene rings is 1. The summed E-state index contributed by atoms with van der Waals surface area (Å²) < 4.78 is 27.5. The van der Waals surface area contributed by atoms with E-state index in [1.807, 2.05) is 0 Å². The van der Waals surface area contributed by atoms with Gasteiger partial charge in [0.05, 0.1) is 18.2 Å². The van der Waals surface area contributed by atoms with Crippen molar-refractivity contribution in [3.8, 4) is 0 Å². The van der Waals surface area contributed by atoms with Crippen molar-refractivity contribution in [2.24, 2.45) is 0 Å². The maximum atomic E-state index is 12.1. The maximum absolute atomic E-state index is 12.1. The fourth-order valence-electron chi connectivity index (χ4n) is 1.75. The van der Waals surface area contributed by atoms with Crippen molar-refractivity contribution < 1.29 is 17.9 Å². The number of ether oxygens (including phenoxy) is 1. The van der Waals surface area contributed by atoms with E-state index in [-0.39, 0.29) is 16.2 Å². The van der Waals surface area contributed by atoms with Crippen LogP contribution >= 0.6 is 22.0 Å². The molecule has 0 spiro atoms. The van der Waals surface area contributed by atoms with Crippen molar-refractivity contribution >= 4 is 37.0 Å². The maximum Gasteiger partial charge on any atom is 0.270 e. The van der Waals surface area contributed by atoms with Crippen molar-refractivity contribution in [2.75, 3.05) is 20.3 Å². The van der Waals surface area contributed by atoms with E-state index >= 15 is 0 Å². The lowest BCUT2D eigenvalue weighted by Gasteiger charge is -2.22. The number of hydrogen-bond donors (Lipinski definition) is 0. The second-order valence-corrected chi connectivity index (χ2v) is 7.73. The molecule has 1 atom stereocenters. The van der Waals surface area contributed by atoms with Crippen LogP contribution in [0.4, 0.5) is 0 Å². The minimum atomic E-state index is -3.76. The molecule has 100 valence electrons. The van der Waals surface area contributed by atoms with Crippen molar-refractivity contribution in [3.05, 3.63) is 17.0 Å². The summed E-state index contributed by atoms with van der Waals surface area (Å²) in [5, 5.41) is 1.50. The van der Waals surface area contributed by atoms with E-state index in [9.17, 15) is 13.2 Å². The molecule has 1 saturated heterocycles. The average Bonchev–Trinajstić information content (AvgIpc) is 2.96. The molecule has 1 aromatic rings. The van der Waals surface area contributed by atoms with Gasteiger partial charge in [-0.15, -0.1) is 11.3 Å². The molecule has 1 aliphatic rings. The van der Waals surface area contributed by atoms with Crippen LogP contribution in [0.5, 0.6) is 0 Å². The topological polar surface area (TPSA) is 63.7 Å². The molecule has 5 nitrogen and oxygen atoms in total. The molecular formula is C10H12ClNO4S2. The standard InChI is InChI=1S/C10H12ClNO4S2/c1-12(8-2-3-16-5-8)10(13)7-4-9(17-6-7)18(11,14)15/h4,6,8H,2-3,5H2,1H3. The van der Waals surface area contributed by atoms with Crippen LogP contribution in [0.25, 0.3) is 0 Å². The Bertz CT molecular complexity index is 548. The third-order valence-electron chi connectivity index (χ3n) is 2.84. The first-order chi connectivity index (χ1) is 8.39. The molecule has 1 aromatic heterocycles. The van der Waals surface area contributed by atoms with Crippen LogP contribution in [-0.2, 0) is 13.8 Å². The lowest BCUT2D eigenvalue weighted by Crippen LogP contribution is -2.37. The molecule has 0 aromatic carbocycles. The fourth-order valence-corrected chi connectivity index (χ4v) is 3.69. The number of hydrogen-bond acceptors (Lipinski definition) is 5. The van der Waals surface area contributed by atoms with Gasteiger partial charge in [-0.1, -0.05) is 0 Å². The summed E-state index contributed by atoms with van der Waals surface area (Å²) in [5.74, 6) is -0.215. The van der Waals surface area contributed by atoms with Gasteiger partial charge < -0.3 is 9.64 Å². The van der Waals surface area contributed by atoms with Crippen molar-refractivity contribution in [1.29, 1.82) is 0 Å². The first kappa shape index (κ1) is 13.8. The zero-order chi connectivity index (χ0) is 13.3. The molecular weight excluding hydrogens is 298 g/mol. The summed E-state index contributed by atoms with van der Waals surface area (Å²) in [6.07, 6.45) is 0.799. The van der Waals surface area contributed by atoms with Gasteiger partial charge in [-0.05, 0) is 12.5 Å². The molecule has 1 unspecified atom stereocenters. The normalized spacial score (nSPS) is 20.0. The van der Waals surface area contributed by atoms with Gasteiger partial charge >= 0.3 is 0 Å². The van der Waals surface area contributed by atoms with Gasteiger partial charge in [0, 0.05) is 29.7 Å². The average molecular weight is 310 g/mol. The summed E-state index contributed by atoms with van der Waals surface area (Å²) in [6.45, 7) is 1.17. The molecule has 1 amide bonds. The monoisotopic (exact) mass is 309 g/mol. The highest BCUT2D eigenvalue weighted by molar-refractivity contribution is 8.15. The Balaban J connectivity index is 2.16. The van der Waals surface area contributed by atoms with E-state index in [4.69, 9.17) is 15.4 Å². The van der Waals surface area contributed by atoms with Gasteiger partial charge in [-0.25, -0.2) is 8.42 Å². The number of carbonyl (C=O) groups excluding carboxylic acids is 1. The first-order valence-electron chi connectivity index (χ1n) is 5.27. The molecule has 2 rings (SSSR count). The number of halogens is 1. The summed E-state index contributed by atoms with van der Waals surface area (Å²) in [7, 11) is 3.14. The van der Waals surface area contributed by atoms with E-state index in [1.165, 1.54) is 11.4 Å². The predicted molar refractivity (Wildman–Crippen MR) is 68.7 cm³/mol. The summed E-state index contributed by atoms with van der Waals surface area (Å²) in [6, 6.07) is 1.36. The van der Waals surface area contributed by atoms with E-state index in [0.29, 0.717) is 18.8 Å². The van der Waals surface area contributed by atoms with Crippen molar-refractivity contribution in [3.63, 3.8) is 0 Å². The molecule has 0 bridgehead atoms. The van der Waals surface area contributed by atoms with Crippen LogP contribution in [-0.4, -0.2) is 45.5 Å². The molecule has 18 heavy (non-hydrogen) atoms. The zero-order valence-electron chi connectivity index (χ0n) is 9.63. The Hall–Kier alpha value is -0.630. The minimum absolute atomic E-state index is 0.0106. The Morgan fingerprint density at radius 3 is 2.83 bits per heavy atom. The van der Waals surface area contributed by atoms with E-state index in [1.54, 1.807) is 11.9 Å². The Morgan fingerprint density at radius 1 is 1.61 bits per heavy atom. The number of carbonyl (C=O) groups is 1. The second-order valence-electron chi connectivity index (χ2n) is 4.03. The third-order valence-corrected chi connectivity index (χ3v) is 5.88. The Morgan fingerprint density at radius 2 is 2.33 bits per heavy atom. The van der Waals surface area contributed by atoms with Gasteiger partial charge in [0.2, 0.25) is 0 Å². The van der Waals surface area contributed by atoms with Gasteiger partial charge in [-0.3, -0.25) is 4.79 Å². The lowest BCUT2D eigenvalue weighted by atomic mass is 10.2. The van der Waals surface area contributed by atoms with E-state index < -0.39 is 9.05 Å². The molecule has 0 radical (unpaired) electrons. The molecule has 0 saturated carbocycles. The highest BCUT2D eigenvalue weighted by Crippen LogP contribution is 2.25. The summed E-state index contributed by atoms with van der Waals surface area (Å²) in [5.41, 5.74) is 0.341. The van der Waals surface area contributed by atoms with Crippen molar-refractivity contribution in [2.45, 2.75) is 16.7 Å². The summed E-state index contributed by atoms with van der Waals surface area (Å²) in [4.78, 5) is 13.7. The van der Waals surface area contributed by atoms with Crippen LogP contribution in [0.2, 0.25) is 0 Å². The zero-order valence-corrected chi connectivity index (χ0v) is 12.0. The van der Waals surface area contributed by atoms with Crippen LogP contribution in [0.15, 0.2) is 15.7 Å². The summed E-state index contributed by atoms with van der Waals surface area (Å²) >= 11 is 0.946. The molecule has 2 heterocycles. The number of likely N-dealkylation sites (N-methyl/N-ethyl adjacent to an activating group) is 1. The van der Waals surface area contributed by atoms with Gasteiger partial charge in [-0.2, -0.15) is 0 Å². The highest BCUT2D eigenvalue weighted by atomic mass is 35.7. The van der Waals surface area contributed by atoms with Crippen molar-refractivity contribution in [1.82, 2.24) is 4.90 Å². The Labute approximate surface area is 114 Å². The van der Waals surface area contributed by atoms with E-state index in [2.05, 4.69) is 0 Å². The van der Waals surface area contributed by atoms with Crippen LogP contribution in [0.3, 0.4) is 0 Å². The van der Waals surface area contributed by atoms with Gasteiger partial charge in [0.15, 0.2) is 0 Å². The number of rotatable bonds is 3. The van der Waals surface area contributed by atoms with Crippen LogP contribution < -0.4 is 0 Å². The molecule has 0 N–H and O–H groups in total. The van der Waals surface area contributed by atoms with Gasteiger partial charge in [0.25, 0.3) is 15.0 Å². The smallest absolute Gasteiger partial charge is 0.270 e. The molecule has 0 aliphatic carbocycles. The quantitative estimate of drug-likeness (QED) is 0.795. The predicted octanol–water partition coefficient (Wildman–Crippen LogP) is 1.54. The lowest BCUT2D eigenvalue weighted by molar-refractivity contribution is 0.0711. The second kappa shape index (κ2) is 5.16. The highest BCUT2D eigenvalue weighted by Gasteiger charge is 2.26. The SMILES string of the molecule is CN(C(=O)c1csc(S(=O)(=O)Cl)c1)C1CCOC1. The largest absolute Gasteiger partial charge is 0.379 e. The minimum Gasteiger partial charge on any atom is -0.379 e. The first-order valence-corrected chi connectivity index (χ1v) is 8.46.